The molecule has 3 aliphatic rings. The predicted molar refractivity (Wildman–Crippen MR) is 129 cm³/mol. The molecule has 0 aromatic heterocycles. The average Bonchev–Trinajstić information content (AvgIpc) is 2.85. The van der Waals surface area contributed by atoms with Crippen LogP contribution in [0.2, 0.25) is 16.6 Å². The first-order valence-electron chi connectivity index (χ1n) is 12.3. The van der Waals surface area contributed by atoms with Gasteiger partial charge in [-0.2, -0.15) is 0 Å². The molecule has 3 atom stereocenters. The Morgan fingerprint density at radius 3 is 2.14 bits per heavy atom. The Kier molecular flexibility index (Phi) is 6.64. The molecule has 1 fully saturated rings. The maximum Gasteiger partial charge on any atom is 0.258 e. The maximum atomic E-state index is 7.34. The predicted octanol–water partition coefficient (Wildman–Crippen LogP) is 8.80. The van der Waals surface area contributed by atoms with E-state index in [2.05, 4.69) is 80.5 Å². The van der Waals surface area contributed by atoms with Gasteiger partial charge in [0.15, 0.2) is 0 Å². The van der Waals surface area contributed by atoms with Gasteiger partial charge in [0.1, 0.15) is 0 Å². The summed E-state index contributed by atoms with van der Waals surface area (Å²) in [6.45, 7) is 21.7. The van der Waals surface area contributed by atoms with Crippen molar-refractivity contribution in [1.82, 2.24) is 0 Å². The van der Waals surface area contributed by atoms with E-state index in [0.29, 0.717) is 28.0 Å². The van der Waals surface area contributed by atoms with Gasteiger partial charge in [0.25, 0.3) is 8.32 Å². The van der Waals surface area contributed by atoms with Gasteiger partial charge in [-0.05, 0) is 70.7 Å². The molecule has 0 amide bonds. The van der Waals surface area contributed by atoms with Crippen molar-refractivity contribution in [3.8, 4) is 0 Å². The van der Waals surface area contributed by atoms with E-state index in [-0.39, 0.29) is 0 Å². The topological polar surface area (TPSA) is 9.23 Å². The van der Waals surface area contributed by atoms with Crippen LogP contribution in [0.4, 0.5) is 0 Å². The zero-order valence-electron chi connectivity index (χ0n) is 20.6. The zero-order chi connectivity index (χ0) is 21.6. The fourth-order valence-electron chi connectivity index (χ4n) is 6.73. The van der Waals surface area contributed by atoms with Crippen molar-refractivity contribution in [2.75, 3.05) is 0 Å². The highest BCUT2D eigenvalue weighted by atomic mass is 28.4. The van der Waals surface area contributed by atoms with Gasteiger partial charge in [-0.25, -0.2) is 0 Å². The summed E-state index contributed by atoms with van der Waals surface area (Å²) in [5, 5.41) is 0. The van der Waals surface area contributed by atoms with Crippen molar-refractivity contribution in [2.45, 2.75) is 111 Å². The number of fused-ring (bicyclic) bond motifs is 3. The molecule has 1 saturated carbocycles. The highest BCUT2D eigenvalue weighted by Gasteiger charge is 2.49. The van der Waals surface area contributed by atoms with E-state index < -0.39 is 8.32 Å². The molecule has 0 spiro atoms. The van der Waals surface area contributed by atoms with Crippen LogP contribution in [0.1, 0.15) is 94.4 Å². The summed E-state index contributed by atoms with van der Waals surface area (Å²) in [5.74, 6) is 3.51. The third-order valence-corrected chi connectivity index (χ3v) is 14.3. The molecule has 164 valence electrons. The lowest BCUT2D eigenvalue weighted by Crippen LogP contribution is -2.47. The first kappa shape index (κ1) is 22.9. The first-order valence-corrected chi connectivity index (χ1v) is 14.4. The molecule has 2 heteroatoms. The van der Waals surface area contributed by atoms with E-state index >= 15 is 0 Å². The number of hydrogen-bond donors (Lipinski definition) is 0. The number of hydrogen-bond acceptors (Lipinski definition) is 1. The van der Waals surface area contributed by atoms with Gasteiger partial charge in [0.05, 0.1) is 5.76 Å². The van der Waals surface area contributed by atoms with Crippen molar-refractivity contribution in [3.63, 3.8) is 0 Å². The Labute approximate surface area is 182 Å². The van der Waals surface area contributed by atoms with Crippen LogP contribution in [0.5, 0.6) is 0 Å². The lowest BCUT2D eigenvalue weighted by Gasteiger charge is -2.43. The van der Waals surface area contributed by atoms with Crippen LogP contribution >= 0.6 is 0 Å². The Morgan fingerprint density at radius 1 is 0.966 bits per heavy atom. The highest BCUT2D eigenvalue weighted by molar-refractivity contribution is 6.77. The van der Waals surface area contributed by atoms with E-state index in [1.807, 2.05) is 0 Å². The molecule has 0 heterocycles. The Balaban J connectivity index is 2.03. The molecule has 0 saturated heterocycles. The van der Waals surface area contributed by atoms with Crippen molar-refractivity contribution in [3.05, 3.63) is 35.1 Å². The standard InChI is InChI=1S/C27H46OSi/c1-18(2)29(19(3)4,20(5)6)28-25-13-11-10-12-21-16-22-17-23(27(7,8)9)14-15-24(22)26(21)25/h10,12,15,18-23H,11,13-14,16-17H2,1-9H3/t21-,22+,23+/m1/s1. The minimum atomic E-state index is -1.91. The van der Waals surface area contributed by atoms with E-state index in [4.69, 9.17) is 4.43 Å². The van der Waals surface area contributed by atoms with Gasteiger partial charge >= 0.3 is 0 Å². The zero-order valence-corrected chi connectivity index (χ0v) is 21.6. The number of rotatable bonds is 5. The fourth-order valence-corrected chi connectivity index (χ4v) is 12.1. The van der Waals surface area contributed by atoms with E-state index in [0.717, 1.165) is 24.7 Å². The summed E-state index contributed by atoms with van der Waals surface area (Å²) >= 11 is 0. The molecule has 0 aliphatic heterocycles. The minimum Gasteiger partial charge on any atom is -0.545 e. The van der Waals surface area contributed by atoms with Crippen molar-refractivity contribution < 1.29 is 4.43 Å². The SMILES string of the molecule is CC(C)[Si](OC1=C2C3=CC[C@H](C(C)(C)C)C[C@@H]3C[C@H]2C=CCC1)(C(C)C)C(C)C. The van der Waals surface area contributed by atoms with Gasteiger partial charge in [-0.3, -0.25) is 0 Å². The average molecular weight is 415 g/mol. The van der Waals surface area contributed by atoms with Crippen LogP contribution in [0, 0.1) is 23.2 Å². The Bertz CT molecular complexity index is 664. The summed E-state index contributed by atoms with van der Waals surface area (Å²) < 4.78 is 7.34. The van der Waals surface area contributed by atoms with Gasteiger partial charge in [-0.1, -0.05) is 80.5 Å². The fraction of sp³-hybridized carbons (Fsp3) is 0.778. The van der Waals surface area contributed by atoms with Crippen LogP contribution in [0.3, 0.4) is 0 Å². The van der Waals surface area contributed by atoms with Gasteiger partial charge in [-0.15, -0.1) is 0 Å². The lowest BCUT2D eigenvalue weighted by atomic mass is 9.70. The molecule has 1 nitrogen and oxygen atoms in total. The van der Waals surface area contributed by atoms with E-state index in [9.17, 15) is 0 Å². The van der Waals surface area contributed by atoms with Crippen LogP contribution in [0.25, 0.3) is 0 Å². The normalized spacial score (nSPS) is 28.0. The molecule has 0 N–H and O–H groups in total. The monoisotopic (exact) mass is 414 g/mol. The molecule has 0 aromatic carbocycles. The summed E-state index contributed by atoms with van der Waals surface area (Å²) in [6.07, 6.45) is 13.7. The lowest BCUT2D eigenvalue weighted by molar-refractivity contribution is 0.196. The van der Waals surface area contributed by atoms with Crippen LogP contribution in [-0.4, -0.2) is 8.32 Å². The van der Waals surface area contributed by atoms with Gasteiger partial charge in [0, 0.05) is 12.3 Å². The minimum absolute atomic E-state index is 0.408. The van der Waals surface area contributed by atoms with E-state index in [1.54, 1.807) is 11.1 Å². The highest BCUT2D eigenvalue weighted by Crippen LogP contribution is 2.54. The largest absolute Gasteiger partial charge is 0.545 e. The molecule has 0 bridgehead atoms. The summed E-state index contributed by atoms with van der Waals surface area (Å²) in [6, 6.07) is 0. The van der Waals surface area contributed by atoms with Crippen molar-refractivity contribution >= 4 is 8.32 Å². The Morgan fingerprint density at radius 2 is 1.59 bits per heavy atom. The van der Waals surface area contributed by atoms with Crippen molar-refractivity contribution in [2.24, 2.45) is 23.2 Å². The van der Waals surface area contributed by atoms with Crippen molar-refractivity contribution in [1.29, 1.82) is 0 Å². The molecule has 0 radical (unpaired) electrons. The van der Waals surface area contributed by atoms with Crippen LogP contribution in [-0.2, 0) is 4.43 Å². The quantitative estimate of drug-likeness (QED) is 0.322. The molecule has 0 unspecified atom stereocenters. The third-order valence-electron chi connectivity index (χ3n) is 8.29. The summed E-state index contributed by atoms with van der Waals surface area (Å²) in [5.41, 5.74) is 5.57. The third kappa shape index (κ3) is 4.20. The second kappa shape index (κ2) is 8.40. The molecule has 29 heavy (non-hydrogen) atoms. The van der Waals surface area contributed by atoms with Gasteiger partial charge < -0.3 is 4.43 Å². The summed E-state index contributed by atoms with van der Waals surface area (Å²) in [7, 11) is -1.91. The molecular weight excluding hydrogens is 368 g/mol. The van der Waals surface area contributed by atoms with E-state index in [1.165, 1.54) is 25.0 Å². The first-order chi connectivity index (χ1) is 13.5. The van der Waals surface area contributed by atoms with Gasteiger partial charge in [0.2, 0.25) is 0 Å². The Hall–Kier alpha value is -0.763. The second-order valence-corrected chi connectivity index (χ2v) is 17.3. The molecule has 0 aromatic rings. The molecule has 3 aliphatic carbocycles. The van der Waals surface area contributed by atoms with Crippen LogP contribution < -0.4 is 0 Å². The molecule has 3 rings (SSSR count). The summed E-state index contributed by atoms with van der Waals surface area (Å²) in [4.78, 5) is 0. The smallest absolute Gasteiger partial charge is 0.258 e. The molecular formula is C27H46OSi. The van der Waals surface area contributed by atoms with Crippen LogP contribution in [0.15, 0.2) is 35.1 Å². The second-order valence-electron chi connectivity index (χ2n) is 12.0. The maximum absolute atomic E-state index is 7.34. The number of allylic oxidation sites excluding steroid dienone is 6.